The zero-order chi connectivity index (χ0) is 8.97. The Morgan fingerprint density at radius 3 is 2.50 bits per heavy atom. The second kappa shape index (κ2) is 3.85. The first-order chi connectivity index (χ1) is 5.75. The number of benzene rings is 1. The lowest BCUT2D eigenvalue weighted by Gasteiger charge is -2.08. The van der Waals surface area contributed by atoms with Gasteiger partial charge in [-0.1, -0.05) is 30.3 Å². The molecule has 1 amide bonds. The lowest BCUT2D eigenvalue weighted by molar-refractivity contribution is -0.130. The highest BCUT2D eigenvalue weighted by Crippen LogP contribution is 2.08. The molecule has 1 atom stereocenters. The van der Waals surface area contributed by atoms with Crippen LogP contribution in [-0.2, 0) is 4.79 Å². The van der Waals surface area contributed by atoms with Gasteiger partial charge in [0.15, 0.2) is 0 Å². The van der Waals surface area contributed by atoms with Crippen molar-refractivity contribution >= 4 is 5.91 Å². The van der Waals surface area contributed by atoms with E-state index in [9.17, 15) is 4.79 Å². The average Bonchev–Trinajstić information content (AvgIpc) is 2.17. The molecule has 4 nitrogen and oxygen atoms in total. The van der Waals surface area contributed by atoms with Crippen molar-refractivity contribution in [1.29, 1.82) is 0 Å². The Balaban J connectivity index is 2.78. The molecule has 1 unspecified atom stereocenters. The minimum Gasteiger partial charge on any atom is -0.316 e. The van der Waals surface area contributed by atoms with E-state index in [0.29, 0.717) is 5.56 Å². The Morgan fingerprint density at radius 1 is 1.42 bits per heavy atom. The monoisotopic (exact) mass is 166 g/mol. The summed E-state index contributed by atoms with van der Waals surface area (Å²) in [6, 6.07) is 8.02. The van der Waals surface area contributed by atoms with Crippen molar-refractivity contribution in [2.24, 2.45) is 5.73 Å². The first kappa shape index (κ1) is 8.70. The van der Waals surface area contributed by atoms with E-state index >= 15 is 0 Å². The summed E-state index contributed by atoms with van der Waals surface area (Å²) in [7, 11) is 0. The topological polar surface area (TPSA) is 75.4 Å². The van der Waals surface area contributed by atoms with E-state index in [0.717, 1.165) is 0 Å². The second-order valence-electron chi connectivity index (χ2n) is 2.36. The third-order valence-corrected chi connectivity index (χ3v) is 1.55. The van der Waals surface area contributed by atoms with Crippen LogP contribution in [0.2, 0.25) is 0 Å². The van der Waals surface area contributed by atoms with Crippen molar-refractivity contribution in [3.8, 4) is 0 Å². The number of nitrogens with one attached hydrogen (secondary N) is 1. The summed E-state index contributed by atoms with van der Waals surface area (Å²) in [5.74, 6) is -0.610. The van der Waals surface area contributed by atoms with Crippen LogP contribution in [0.25, 0.3) is 0 Å². The maximum absolute atomic E-state index is 10.8. The SMILES string of the molecule is NC(C(=O)NO)c1ccccc1. The van der Waals surface area contributed by atoms with Crippen molar-refractivity contribution in [1.82, 2.24) is 5.48 Å². The molecular weight excluding hydrogens is 156 g/mol. The zero-order valence-electron chi connectivity index (χ0n) is 6.40. The Morgan fingerprint density at radius 2 is 2.00 bits per heavy atom. The summed E-state index contributed by atoms with van der Waals surface area (Å²) in [6.45, 7) is 0. The van der Waals surface area contributed by atoms with Crippen LogP contribution in [0.4, 0.5) is 0 Å². The molecule has 0 aliphatic heterocycles. The number of hydrogen-bond donors (Lipinski definition) is 3. The summed E-state index contributed by atoms with van der Waals surface area (Å²) < 4.78 is 0. The van der Waals surface area contributed by atoms with E-state index in [1.54, 1.807) is 24.3 Å². The van der Waals surface area contributed by atoms with Crippen molar-refractivity contribution in [2.75, 3.05) is 0 Å². The van der Waals surface area contributed by atoms with Crippen LogP contribution in [0.3, 0.4) is 0 Å². The number of carbonyl (C=O) groups excluding carboxylic acids is 1. The van der Waals surface area contributed by atoms with Gasteiger partial charge in [0.25, 0.3) is 5.91 Å². The van der Waals surface area contributed by atoms with Crippen LogP contribution in [0, 0.1) is 0 Å². The Labute approximate surface area is 70.0 Å². The van der Waals surface area contributed by atoms with Crippen molar-refractivity contribution in [3.05, 3.63) is 35.9 Å². The van der Waals surface area contributed by atoms with E-state index in [2.05, 4.69) is 0 Å². The van der Waals surface area contributed by atoms with Gasteiger partial charge in [0.05, 0.1) is 0 Å². The molecule has 4 N–H and O–H groups in total. The molecule has 0 spiro atoms. The molecule has 4 heteroatoms. The lowest BCUT2D eigenvalue weighted by atomic mass is 10.1. The molecule has 0 fully saturated rings. The van der Waals surface area contributed by atoms with E-state index in [4.69, 9.17) is 10.9 Å². The first-order valence-electron chi connectivity index (χ1n) is 3.50. The zero-order valence-corrected chi connectivity index (χ0v) is 6.40. The van der Waals surface area contributed by atoms with Gasteiger partial charge in [-0.05, 0) is 5.56 Å². The quantitative estimate of drug-likeness (QED) is 0.433. The van der Waals surface area contributed by atoms with Crippen LogP contribution >= 0.6 is 0 Å². The molecule has 12 heavy (non-hydrogen) atoms. The highest BCUT2D eigenvalue weighted by atomic mass is 16.5. The summed E-state index contributed by atoms with van der Waals surface area (Å²) >= 11 is 0. The number of nitrogens with two attached hydrogens (primary N) is 1. The Bertz CT molecular complexity index is 261. The van der Waals surface area contributed by atoms with Crippen molar-refractivity contribution < 1.29 is 10.0 Å². The fourth-order valence-corrected chi connectivity index (χ4v) is 0.881. The smallest absolute Gasteiger partial charge is 0.264 e. The van der Waals surface area contributed by atoms with Crippen LogP contribution < -0.4 is 11.2 Å². The van der Waals surface area contributed by atoms with Gasteiger partial charge in [0.1, 0.15) is 6.04 Å². The van der Waals surface area contributed by atoms with E-state index in [1.807, 2.05) is 6.07 Å². The lowest BCUT2D eigenvalue weighted by Crippen LogP contribution is -2.31. The van der Waals surface area contributed by atoms with Gasteiger partial charge in [0, 0.05) is 0 Å². The van der Waals surface area contributed by atoms with Crippen LogP contribution in [0.15, 0.2) is 30.3 Å². The summed E-state index contributed by atoms with van der Waals surface area (Å²) in [6.07, 6.45) is 0. The number of hydrogen-bond acceptors (Lipinski definition) is 3. The van der Waals surface area contributed by atoms with Gasteiger partial charge in [0.2, 0.25) is 0 Å². The number of carbonyl (C=O) groups is 1. The molecule has 0 heterocycles. The molecule has 1 aromatic carbocycles. The summed E-state index contributed by atoms with van der Waals surface area (Å²) in [5, 5.41) is 8.29. The molecule has 1 aromatic rings. The average molecular weight is 166 g/mol. The molecule has 0 saturated carbocycles. The molecular formula is C8H10N2O2. The van der Waals surface area contributed by atoms with Gasteiger partial charge in [-0.3, -0.25) is 10.0 Å². The molecule has 64 valence electrons. The van der Waals surface area contributed by atoms with Gasteiger partial charge >= 0.3 is 0 Å². The van der Waals surface area contributed by atoms with Crippen LogP contribution in [0.5, 0.6) is 0 Å². The minimum absolute atomic E-state index is 0.610. The van der Waals surface area contributed by atoms with Crippen molar-refractivity contribution in [3.63, 3.8) is 0 Å². The molecule has 0 aromatic heterocycles. The van der Waals surface area contributed by atoms with Gasteiger partial charge in [-0.2, -0.15) is 0 Å². The molecule has 1 rings (SSSR count). The Kier molecular flexibility index (Phi) is 2.79. The van der Waals surface area contributed by atoms with Gasteiger partial charge in [-0.15, -0.1) is 0 Å². The maximum Gasteiger partial charge on any atom is 0.264 e. The van der Waals surface area contributed by atoms with E-state index in [1.165, 1.54) is 5.48 Å². The molecule has 0 saturated heterocycles. The normalized spacial score (nSPS) is 12.2. The van der Waals surface area contributed by atoms with E-state index in [-0.39, 0.29) is 0 Å². The van der Waals surface area contributed by atoms with Crippen LogP contribution in [-0.4, -0.2) is 11.1 Å². The highest BCUT2D eigenvalue weighted by Gasteiger charge is 2.13. The standard InChI is InChI=1S/C8H10N2O2/c9-7(8(11)10-12)6-4-2-1-3-5-6/h1-5,7,12H,9H2,(H,10,11). The van der Waals surface area contributed by atoms with E-state index < -0.39 is 11.9 Å². The molecule has 0 aliphatic rings. The Hall–Kier alpha value is -1.39. The van der Waals surface area contributed by atoms with Gasteiger partial charge in [-0.25, -0.2) is 5.48 Å². The third-order valence-electron chi connectivity index (χ3n) is 1.55. The largest absolute Gasteiger partial charge is 0.316 e. The number of hydroxylamine groups is 1. The third kappa shape index (κ3) is 1.81. The predicted octanol–water partition coefficient (Wildman–Crippen LogP) is 0.192. The highest BCUT2D eigenvalue weighted by molar-refractivity contribution is 5.81. The minimum atomic E-state index is -0.809. The molecule has 0 aliphatic carbocycles. The fourth-order valence-electron chi connectivity index (χ4n) is 0.881. The summed E-state index contributed by atoms with van der Waals surface area (Å²) in [4.78, 5) is 10.8. The molecule has 0 bridgehead atoms. The number of rotatable bonds is 2. The van der Waals surface area contributed by atoms with Crippen molar-refractivity contribution in [2.45, 2.75) is 6.04 Å². The first-order valence-corrected chi connectivity index (χ1v) is 3.50. The predicted molar refractivity (Wildman–Crippen MR) is 43.3 cm³/mol. The maximum atomic E-state index is 10.8. The number of amides is 1. The van der Waals surface area contributed by atoms with Crippen LogP contribution in [0.1, 0.15) is 11.6 Å². The fraction of sp³-hybridized carbons (Fsp3) is 0.125. The summed E-state index contributed by atoms with van der Waals surface area (Å²) in [5.41, 5.74) is 7.65. The van der Waals surface area contributed by atoms with Gasteiger partial charge < -0.3 is 5.73 Å². The molecule has 0 radical (unpaired) electrons. The second-order valence-corrected chi connectivity index (χ2v) is 2.36.